The lowest BCUT2D eigenvalue weighted by Gasteiger charge is -2.29. The number of carbonyl (C=O) groups excluding carboxylic acids is 1. The molecule has 0 unspecified atom stereocenters. The molecule has 3 aromatic carbocycles. The molecule has 0 saturated carbocycles. The number of hydrogen-bond acceptors (Lipinski definition) is 2. The van der Waals surface area contributed by atoms with Crippen molar-refractivity contribution < 1.29 is 4.79 Å². The third-order valence-corrected chi connectivity index (χ3v) is 4.92. The minimum absolute atomic E-state index is 0. The summed E-state index contributed by atoms with van der Waals surface area (Å²) in [5, 5.41) is 5.83. The lowest BCUT2D eigenvalue weighted by molar-refractivity contribution is 0.0676. The Balaban J connectivity index is 0.00000196. The van der Waals surface area contributed by atoms with Crippen LogP contribution in [-0.2, 0) is 6.54 Å². The summed E-state index contributed by atoms with van der Waals surface area (Å²) in [4.78, 5) is 15.1. The van der Waals surface area contributed by atoms with Crippen LogP contribution < -0.4 is 5.32 Å². The molecule has 26 heavy (non-hydrogen) atoms. The summed E-state index contributed by atoms with van der Waals surface area (Å²) in [7, 11) is 0. The molecule has 0 aromatic heterocycles. The highest BCUT2D eigenvalue weighted by atomic mass is 35.5. The average Bonchev–Trinajstić information content (AvgIpc) is 3.20. The number of halogens is 1. The van der Waals surface area contributed by atoms with E-state index in [1.807, 2.05) is 35.2 Å². The molecular weight excluding hydrogens is 344 g/mol. The Labute approximate surface area is 160 Å². The fourth-order valence-corrected chi connectivity index (χ4v) is 3.55. The van der Waals surface area contributed by atoms with Crippen molar-refractivity contribution >= 4 is 29.1 Å². The smallest absolute Gasteiger partial charge is 0.254 e. The second-order valence-electron chi connectivity index (χ2n) is 6.63. The van der Waals surface area contributed by atoms with Gasteiger partial charge in [-0.05, 0) is 47.5 Å². The van der Waals surface area contributed by atoms with E-state index >= 15 is 0 Å². The van der Waals surface area contributed by atoms with Crippen LogP contribution in [0.25, 0.3) is 10.8 Å². The first-order chi connectivity index (χ1) is 12.3. The number of fused-ring (bicyclic) bond motifs is 1. The molecule has 134 valence electrons. The summed E-state index contributed by atoms with van der Waals surface area (Å²) in [6.45, 7) is 2.48. The standard InChI is InChI=1S/C22H22N2O.ClH/c25-22(19-7-2-1-3-8-19)24(21-12-13-23-15-21)16-17-10-11-18-6-4-5-9-20(18)14-17;/h1-11,14,21,23H,12-13,15-16H2;1H/t21-;/m1./s1. The zero-order valence-corrected chi connectivity index (χ0v) is 15.4. The molecule has 0 aliphatic carbocycles. The van der Waals surface area contributed by atoms with Gasteiger partial charge in [-0.25, -0.2) is 0 Å². The van der Waals surface area contributed by atoms with Gasteiger partial charge in [0.25, 0.3) is 5.91 Å². The summed E-state index contributed by atoms with van der Waals surface area (Å²) < 4.78 is 0. The molecule has 1 fully saturated rings. The molecule has 0 radical (unpaired) electrons. The zero-order valence-electron chi connectivity index (χ0n) is 14.6. The Hall–Kier alpha value is -2.36. The number of rotatable bonds is 4. The Morgan fingerprint density at radius 3 is 2.42 bits per heavy atom. The van der Waals surface area contributed by atoms with Gasteiger partial charge >= 0.3 is 0 Å². The van der Waals surface area contributed by atoms with Crippen LogP contribution in [0.2, 0.25) is 0 Å². The quantitative estimate of drug-likeness (QED) is 0.748. The van der Waals surface area contributed by atoms with E-state index < -0.39 is 0 Å². The van der Waals surface area contributed by atoms with Gasteiger partial charge in [0.2, 0.25) is 0 Å². The van der Waals surface area contributed by atoms with Crippen LogP contribution >= 0.6 is 12.4 Å². The second-order valence-corrected chi connectivity index (χ2v) is 6.63. The predicted octanol–water partition coefficient (Wildman–Crippen LogP) is 4.27. The fraction of sp³-hybridized carbons (Fsp3) is 0.227. The predicted molar refractivity (Wildman–Crippen MR) is 109 cm³/mol. The van der Waals surface area contributed by atoms with E-state index in [0.717, 1.165) is 25.1 Å². The average molecular weight is 367 g/mol. The first kappa shape index (κ1) is 18.4. The number of carbonyl (C=O) groups is 1. The lowest BCUT2D eigenvalue weighted by atomic mass is 10.0. The maximum absolute atomic E-state index is 13.1. The van der Waals surface area contributed by atoms with E-state index in [-0.39, 0.29) is 24.4 Å². The summed E-state index contributed by atoms with van der Waals surface area (Å²) in [6, 6.07) is 24.7. The van der Waals surface area contributed by atoms with E-state index in [4.69, 9.17) is 0 Å². The van der Waals surface area contributed by atoms with Crippen LogP contribution in [0.1, 0.15) is 22.3 Å². The van der Waals surface area contributed by atoms with Crippen molar-refractivity contribution in [3.05, 3.63) is 83.9 Å². The van der Waals surface area contributed by atoms with Crippen LogP contribution in [0.4, 0.5) is 0 Å². The molecule has 3 nitrogen and oxygen atoms in total. The fourth-order valence-electron chi connectivity index (χ4n) is 3.55. The molecule has 0 bridgehead atoms. The van der Waals surface area contributed by atoms with Crippen LogP contribution in [0.5, 0.6) is 0 Å². The van der Waals surface area contributed by atoms with E-state index in [0.29, 0.717) is 6.54 Å². The summed E-state index contributed by atoms with van der Waals surface area (Å²) in [5.41, 5.74) is 1.94. The number of benzene rings is 3. The minimum Gasteiger partial charge on any atom is -0.330 e. The van der Waals surface area contributed by atoms with Gasteiger partial charge in [0.1, 0.15) is 0 Å². The van der Waals surface area contributed by atoms with Gasteiger partial charge in [-0.2, -0.15) is 0 Å². The Morgan fingerprint density at radius 2 is 1.69 bits per heavy atom. The summed E-state index contributed by atoms with van der Waals surface area (Å²) in [6.07, 6.45) is 1.01. The molecule has 1 amide bonds. The van der Waals surface area contributed by atoms with Gasteiger partial charge in [0.05, 0.1) is 0 Å². The van der Waals surface area contributed by atoms with Gasteiger partial charge in [0, 0.05) is 24.7 Å². The van der Waals surface area contributed by atoms with Crippen molar-refractivity contribution in [2.24, 2.45) is 0 Å². The van der Waals surface area contributed by atoms with Crippen molar-refractivity contribution in [2.45, 2.75) is 19.0 Å². The van der Waals surface area contributed by atoms with Gasteiger partial charge < -0.3 is 10.2 Å². The second kappa shape index (κ2) is 8.35. The van der Waals surface area contributed by atoms with Crippen LogP contribution in [-0.4, -0.2) is 29.9 Å². The van der Waals surface area contributed by atoms with Gasteiger partial charge in [-0.3, -0.25) is 4.79 Å². The molecule has 1 atom stereocenters. The monoisotopic (exact) mass is 366 g/mol. The van der Waals surface area contributed by atoms with Gasteiger partial charge in [0.15, 0.2) is 0 Å². The Kier molecular flexibility index (Phi) is 5.92. The van der Waals surface area contributed by atoms with Crippen LogP contribution in [0, 0.1) is 0 Å². The number of amides is 1. The minimum atomic E-state index is 0. The van der Waals surface area contributed by atoms with Crippen molar-refractivity contribution in [1.29, 1.82) is 0 Å². The first-order valence-electron chi connectivity index (χ1n) is 8.86. The molecule has 1 aliphatic heterocycles. The molecule has 0 spiro atoms. The highest BCUT2D eigenvalue weighted by Crippen LogP contribution is 2.21. The molecule has 1 aliphatic rings. The van der Waals surface area contributed by atoms with E-state index in [2.05, 4.69) is 47.8 Å². The molecule has 1 saturated heterocycles. The normalized spacial score (nSPS) is 16.2. The summed E-state index contributed by atoms with van der Waals surface area (Å²) >= 11 is 0. The maximum Gasteiger partial charge on any atom is 0.254 e. The Bertz CT molecular complexity index is 875. The van der Waals surface area contributed by atoms with Crippen molar-refractivity contribution in [2.75, 3.05) is 13.1 Å². The topological polar surface area (TPSA) is 32.3 Å². The summed E-state index contributed by atoms with van der Waals surface area (Å²) in [5.74, 6) is 0.113. The largest absolute Gasteiger partial charge is 0.330 e. The molecule has 1 heterocycles. The van der Waals surface area contributed by atoms with Gasteiger partial charge in [-0.15, -0.1) is 12.4 Å². The van der Waals surface area contributed by atoms with Crippen molar-refractivity contribution in [3.63, 3.8) is 0 Å². The highest BCUT2D eigenvalue weighted by Gasteiger charge is 2.27. The molecular formula is C22H23ClN2O. The van der Waals surface area contributed by atoms with E-state index in [9.17, 15) is 4.79 Å². The third-order valence-electron chi connectivity index (χ3n) is 4.92. The van der Waals surface area contributed by atoms with E-state index in [1.54, 1.807) is 0 Å². The molecule has 4 rings (SSSR count). The number of hydrogen-bond donors (Lipinski definition) is 1. The SMILES string of the molecule is Cl.O=C(c1ccccc1)N(Cc1ccc2ccccc2c1)[C@@H]1CCNC1. The third kappa shape index (κ3) is 3.90. The Morgan fingerprint density at radius 1 is 0.962 bits per heavy atom. The number of nitrogens with one attached hydrogen (secondary N) is 1. The van der Waals surface area contributed by atoms with E-state index in [1.165, 1.54) is 16.3 Å². The van der Waals surface area contributed by atoms with Gasteiger partial charge in [-0.1, -0.05) is 54.6 Å². The first-order valence-corrected chi connectivity index (χ1v) is 8.86. The zero-order chi connectivity index (χ0) is 17.1. The van der Waals surface area contributed by atoms with Crippen molar-refractivity contribution in [3.8, 4) is 0 Å². The molecule has 3 aromatic rings. The molecule has 1 N–H and O–H groups in total. The maximum atomic E-state index is 13.1. The van der Waals surface area contributed by atoms with Crippen LogP contribution in [0.15, 0.2) is 72.8 Å². The number of nitrogens with zero attached hydrogens (tertiary/aromatic N) is 1. The molecule has 4 heteroatoms. The highest BCUT2D eigenvalue weighted by molar-refractivity contribution is 5.94. The van der Waals surface area contributed by atoms with Crippen LogP contribution in [0.3, 0.4) is 0 Å². The van der Waals surface area contributed by atoms with Crippen molar-refractivity contribution in [1.82, 2.24) is 10.2 Å². The lowest BCUT2D eigenvalue weighted by Crippen LogP contribution is -2.41.